The molecule has 0 unspecified atom stereocenters. The van der Waals surface area contributed by atoms with Gasteiger partial charge in [-0.1, -0.05) is 13.8 Å². The second kappa shape index (κ2) is 4.36. The van der Waals surface area contributed by atoms with E-state index in [1.54, 1.807) is 7.05 Å². The van der Waals surface area contributed by atoms with Crippen molar-refractivity contribution in [3.63, 3.8) is 0 Å². The van der Waals surface area contributed by atoms with Crippen LogP contribution in [0.15, 0.2) is 4.99 Å². The third-order valence-electron chi connectivity index (χ3n) is 0.966. The summed E-state index contributed by atoms with van der Waals surface area (Å²) in [7, 11) is 3.82. The minimum absolute atomic E-state index is 0.716. The lowest BCUT2D eigenvalue weighted by atomic mass is 10.2. The molecule has 0 bridgehead atoms. The number of aliphatic imine (C=N–C) groups is 1. The zero-order valence-electron chi connectivity index (χ0n) is 6.76. The highest BCUT2D eigenvalue weighted by molar-refractivity contribution is 5.53. The normalized spacial score (nSPS) is 11.2. The van der Waals surface area contributed by atoms with E-state index in [0.717, 1.165) is 6.54 Å². The molecule has 2 nitrogen and oxygen atoms in total. The van der Waals surface area contributed by atoms with Crippen LogP contribution in [0.5, 0.6) is 0 Å². The largest absolute Gasteiger partial charge is 0.366 e. The van der Waals surface area contributed by atoms with Gasteiger partial charge in [-0.25, -0.2) is 0 Å². The van der Waals surface area contributed by atoms with Gasteiger partial charge in [-0.3, -0.25) is 4.99 Å². The van der Waals surface area contributed by atoms with Gasteiger partial charge in [0.2, 0.25) is 0 Å². The Morgan fingerprint density at radius 2 is 2.11 bits per heavy atom. The molecular weight excluding hydrogens is 112 g/mol. The molecule has 0 atom stereocenters. The van der Waals surface area contributed by atoms with Crippen LogP contribution in [0, 0.1) is 5.92 Å². The zero-order chi connectivity index (χ0) is 7.28. The second-order valence-corrected chi connectivity index (χ2v) is 2.71. The molecule has 0 aliphatic rings. The standard InChI is InChI=1S/C7H16N2/c1-7(2)5-9(4)6-8-3/h6-7H,5H2,1-4H3/b8-6-. The van der Waals surface area contributed by atoms with E-state index in [-0.39, 0.29) is 0 Å². The molecule has 0 rings (SSSR count). The lowest BCUT2D eigenvalue weighted by molar-refractivity contribution is 0.434. The third-order valence-corrected chi connectivity index (χ3v) is 0.966. The van der Waals surface area contributed by atoms with Crippen molar-refractivity contribution in [3.8, 4) is 0 Å². The van der Waals surface area contributed by atoms with Crippen molar-refractivity contribution in [2.24, 2.45) is 10.9 Å². The minimum atomic E-state index is 0.716. The molecule has 0 amide bonds. The first-order valence-electron chi connectivity index (χ1n) is 3.29. The summed E-state index contributed by atoms with van der Waals surface area (Å²) in [5, 5.41) is 0. The maximum atomic E-state index is 3.89. The van der Waals surface area contributed by atoms with Gasteiger partial charge in [0.05, 0.1) is 6.34 Å². The smallest absolute Gasteiger partial charge is 0.0843 e. The van der Waals surface area contributed by atoms with E-state index in [2.05, 4.69) is 23.7 Å². The van der Waals surface area contributed by atoms with Gasteiger partial charge in [0.25, 0.3) is 0 Å². The summed E-state index contributed by atoms with van der Waals surface area (Å²) in [6, 6.07) is 0. The fraction of sp³-hybridized carbons (Fsp3) is 0.857. The van der Waals surface area contributed by atoms with E-state index in [4.69, 9.17) is 0 Å². The molecule has 0 radical (unpaired) electrons. The second-order valence-electron chi connectivity index (χ2n) is 2.71. The van der Waals surface area contributed by atoms with E-state index in [1.807, 2.05) is 13.4 Å². The van der Waals surface area contributed by atoms with Crippen molar-refractivity contribution in [2.75, 3.05) is 20.6 Å². The predicted octanol–water partition coefficient (Wildman–Crippen LogP) is 1.23. The Balaban J connectivity index is 3.38. The van der Waals surface area contributed by atoms with Gasteiger partial charge in [0.1, 0.15) is 0 Å². The van der Waals surface area contributed by atoms with Crippen molar-refractivity contribution in [2.45, 2.75) is 13.8 Å². The quantitative estimate of drug-likeness (QED) is 0.412. The Bertz CT molecular complexity index is 86.9. The Labute approximate surface area is 57.6 Å². The van der Waals surface area contributed by atoms with Gasteiger partial charge in [-0.2, -0.15) is 0 Å². The fourth-order valence-electron chi connectivity index (χ4n) is 0.820. The Morgan fingerprint density at radius 3 is 2.44 bits per heavy atom. The zero-order valence-corrected chi connectivity index (χ0v) is 6.76. The maximum absolute atomic E-state index is 3.89. The summed E-state index contributed by atoms with van der Waals surface area (Å²) in [5.74, 6) is 0.716. The fourth-order valence-corrected chi connectivity index (χ4v) is 0.820. The molecule has 9 heavy (non-hydrogen) atoms. The summed E-state index contributed by atoms with van der Waals surface area (Å²) in [4.78, 5) is 5.98. The van der Waals surface area contributed by atoms with Crippen molar-refractivity contribution >= 4 is 6.34 Å². The van der Waals surface area contributed by atoms with Crippen LogP contribution in [0.3, 0.4) is 0 Å². The molecule has 54 valence electrons. The van der Waals surface area contributed by atoms with E-state index in [0.29, 0.717) is 5.92 Å². The molecule has 0 N–H and O–H groups in total. The first-order chi connectivity index (χ1) is 4.16. The highest BCUT2D eigenvalue weighted by atomic mass is 15.1. The van der Waals surface area contributed by atoms with Gasteiger partial charge in [0, 0.05) is 20.6 Å². The van der Waals surface area contributed by atoms with E-state index in [9.17, 15) is 0 Å². The van der Waals surface area contributed by atoms with Crippen LogP contribution in [0.4, 0.5) is 0 Å². The van der Waals surface area contributed by atoms with E-state index >= 15 is 0 Å². The summed E-state index contributed by atoms with van der Waals surface area (Å²) in [6.45, 7) is 5.47. The monoisotopic (exact) mass is 128 g/mol. The van der Waals surface area contributed by atoms with Gasteiger partial charge in [0.15, 0.2) is 0 Å². The number of nitrogens with zero attached hydrogens (tertiary/aromatic N) is 2. The van der Waals surface area contributed by atoms with E-state index in [1.165, 1.54) is 0 Å². The van der Waals surface area contributed by atoms with Crippen molar-refractivity contribution in [3.05, 3.63) is 0 Å². The van der Waals surface area contributed by atoms with Gasteiger partial charge >= 0.3 is 0 Å². The van der Waals surface area contributed by atoms with Crippen molar-refractivity contribution < 1.29 is 0 Å². The molecular formula is C7H16N2. The summed E-state index contributed by atoms with van der Waals surface area (Å²) in [6.07, 6.45) is 1.85. The van der Waals surface area contributed by atoms with Gasteiger partial charge in [-0.15, -0.1) is 0 Å². The molecule has 0 aromatic heterocycles. The van der Waals surface area contributed by atoms with Crippen molar-refractivity contribution in [1.29, 1.82) is 0 Å². The average Bonchev–Trinajstić information content (AvgIpc) is 1.63. The first kappa shape index (κ1) is 8.47. The van der Waals surface area contributed by atoms with Crippen LogP contribution in [0.1, 0.15) is 13.8 Å². The molecule has 0 aliphatic carbocycles. The third kappa shape index (κ3) is 5.34. The van der Waals surface area contributed by atoms with Crippen LogP contribution >= 0.6 is 0 Å². The molecule has 0 aliphatic heterocycles. The molecule has 0 aromatic carbocycles. The molecule has 0 saturated heterocycles. The van der Waals surface area contributed by atoms with Gasteiger partial charge in [-0.05, 0) is 5.92 Å². The highest BCUT2D eigenvalue weighted by Gasteiger charge is 1.94. The van der Waals surface area contributed by atoms with Crippen LogP contribution < -0.4 is 0 Å². The van der Waals surface area contributed by atoms with Crippen molar-refractivity contribution in [1.82, 2.24) is 4.90 Å². The lowest BCUT2D eigenvalue weighted by Crippen LogP contribution is -2.21. The van der Waals surface area contributed by atoms with Crippen LogP contribution in [-0.2, 0) is 0 Å². The number of hydrogen-bond donors (Lipinski definition) is 0. The summed E-state index contributed by atoms with van der Waals surface area (Å²) in [5.41, 5.74) is 0. The van der Waals surface area contributed by atoms with Gasteiger partial charge < -0.3 is 4.90 Å². The topological polar surface area (TPSA) is 15.6 Å². The molecule has 0 heterocycles. The Kier molecular flexibility index (Phi) is 4.10. The maximum Gasteiger partial charge on any atom is 0.0843 e. The molecule has 2 heteroatoms. The minimum Gasteiger partial charge on any atom is -0.366 e. The van der Waals surface area contributed by atoms with Crippen LogP contribution in [-0.4, -0.2) is 31.9 Å². The summed E-state index contributed by atoms with van der Waals surface area (Å²) >= 11 is 0. The number of rotatable bonds is 3. The molecule has 0 spiro atoms. The summed E-state index contributed by atoms with van der Waals surface area (Å²) < 4.78 is 0. The average molecular weight is 128 g/mol. The number of hydrogen-bond acceptors (Lipinski definition) is 1. The Hall–Kier alpha value is -0.530. The highest BCUT2D eigenvalue weighted by Crippen LogP contribution is 1.92. The molecule has 0 aromatic rings. The van der Waals surface area contributed by atoms with Crippen LogP contribution in [0.2, 0.25) is 0 Å². The lowest BCUT2D eigenvalue weighted by Gasteiger charge is -2.14. The molecule has 0 saturated carbocycles. The van der Waals surface area contributed by atoms with Crippen LogP contribution in [0.25, 0.3) is 0 Å². The van der Waals surface area contributed by atoms with E-state index < -0.39 is 0 Å². The molecule has 0 fully saturated rings. The predicted molar refractivity (Wildman–Crippen MR) is 41.9 cm³/mol. The first-order valence-corrected chi connectivity index (χ1v) is 3.29. The Morgan fingerprint density at radius 1 is 1.56 bits per heavy atom. The SMILES string of the molecule is C/N=C\N(C)CC(C)C.